The van der Waals surface area contributed by atoms with Gasteiger partial charge in [0, 0.05) is 13.6 Å². The molecule has 0 saturated carbocycles. The predicted molar refractivity (Wildman–Crippen MR) is 35.8 cm³/mol. The summed E-state index contributed by atoms with van der Waals surface area (Å²) >= 11 is 0. The molecule has 0 saturated heterocycles. The highest BCUT2D eigenvalue weighted by Crippen LogP contribution is 1.75. The van der Waals surface area contributed by atoms with E-state index in [4.69, 9.17) is 11.1 Å². The summed E-state index contributed by atoms with van der Waals surface area (Å²) in [4.78, 5) is 3.77. The van der Waals surface area contributed by atoms with Crippen LogP contribution < -0.4 is 5.73 Å². The Morgan fingerprint density at radius 3 is 2.25 bits per heavy atom. The first-order chi connectivity index (χ1) is 3.72. The van der Waals surface area contributed by atoms with Gasteiger partial charge in [0.2, 0.25) is 0 Å². The molecule has 0 rings (SSSR count). The number of nitrogens with two attached hydrogens (primary N) is 1. The van der Waals surface area contributed by atoms with Crippen LogP contribution in [0.5, 0.6) is 0 Å². The molecule has 0 spiro atoms. The second-order valence-corrected chi connectivity index (χ2v) is 1.50. The number of nitrogens with one attached hydrogen (secondary N) is 1. The van der Waals surface area contributed by atoms with E-state index in [2.05, 4.69) is 4.99 Å². The number of hydrogen-bond acceptors (Lipinski definition) is 3. The van der Waals surface area contributed by atoms with Crippen LogP contribution in [0.4, 0.5) is 0 Å². The number of nitrogens with zero attached hydrogens (tertiary/aromatic N) is 1. The Kier molecular flexibility index (Phi) is 3.03. The fourth-order valence-electron chi connectivity index (χ4n) is 0.412. The lowest BCUT2D eigenvalue weighted by Gasteiger charge is -1.95. The van der Waals surface area contributed by atoms with Gasteiger partial charge in [-0.25, -0.2) is 0 Å². The zero-order chi connectivity index (χ0) is 6.57. The van der Waals surface area contributed by atoms with Crippen molar-refractivity contribution in [3.05, 3.63) is 0 Å². The molecule has 0 atom stereocenters. The van der Waals surface area contributed by atoms with Crippen LogP contribution in [-0.2, 0) is 0 Å². The van der Waals surface area contributed by atoms with Crippen LogP contribution in [0.3, 0.4) is 0 Å². The lowest BCUT2D eigenvalue weighted by molar-refractivity contribution is 1.28. The molecule has 0 heterocycles. The monoisotopic (exact) mass is 113 g/mol. The average Bonchev–Trinajstić information content (AvgIpc) is 1.69. The van der Waals surface area contributed by atoms with Crippen LogP contribution in [0, 0.1) is 5.41 Å². The number of hydrogen-bond donors (Lipinski definition) is 2. The highest BCUT2D eigenvalue weighted by Gasteiger charge is 1.93. The van der Waals surface area contributed by atoms with Gasteiger partial charge in [-0.15, -0.1) is 0 Å². The first kappa shape index (κ1) is 7.30. The third-order valence-electron chi connectivity index (χ3n) is 0.896. The highest BCUT2D eigenvalue weighted by molar-refractivity contribution is 6.41. The van der Waals surface area contributed by atoms with Gasteiger partial charge in [0.1, 0.15) is 0 Å². The van der Waals surface area contributed by atoms with Gasteiger partial charge in [0.15, 0.2) is 0 Å². The van der Waals surface area contributed by atoms with E-state index in [1.54, 1.807) is 14.0 Å². The maximum Gasteiger partial charge on any atom is 0.0685 e. The van der Waals surface area contributed by atoms with Crippen LogP contribution >= 0.6 is 0 Å². The van der Waals surface area contributed by atoms with Crippen LogP contribution in [0.25, 0.3) is 0 Å². The van der Waals surface area contributed by atoms with Gasteiger partial charge < -0.3 is 11.1 Å². The molecule has 0 aliphatic heterocycles. The van der Waals surface area contributed by atoms with E-state index in [0.29, 0.717) is 18.0 Å². The highest BCUT2D eigenvalue weighted by atomic mass is 14.7. The van der Waals surface area contributed by atoms with E-state index >= 15 is 0 Å². The Labute approximate surface area is 49.1 Å². The minimum Gasteiger partial charge on any atom is -0.325 e. The molecule has 3 nitrogen and oxygen atoms in total. The molecule has 0 aromatic carbocycles. The quantitative estimate of drug-likeness (QED) is 0.488. The predicted octanol–water partition coefficient (Wildman–Crippen LogP) is 0.0556. The van der Waals surface area contributed by atoms with Crippen LogP contribution in [0.1, 0.15) is 6.92 Å². The summed E-state index contributed by atoms with van der Waals surface area (Å²) in [5.74, 6) is 0. The third-order valence-corrected chi connectivity index (χ3v) is 0.896. The third kappa shape index (κ3) is 1.84. The van der Waals surface area contributed by atoms with E-state index in [1.807, 2.05) is 0 Å². The normalized spacial score (nSPS) is 11.6. The van der Waals surface area contributed by atoms with Gasteiger partial charge in [-0.3, -0.25) is 4.99 Å². The van der Waals surface area contributed by atoms with E-state index < -0.39 is 0 Å². The van der Waals surface area contributed by atoms with E-state index in [9.17, 15) is 0 Å². The molecular formula is C5H11N3. The molecule has 8 heavy (non-hydrogen) atoms. The standard InChI is InChI=1S/C5H11N3/c1-4(7)5(3-6)8-2/h7H,3,6H2,1-2H3. The van der Waals surface area contributed by atoms with Gasteiger partial charge in [-0.05, 0) is 6.92 Å². The summed E-state index contributed by atoms with van der Waals surface area (Å²) < 4.78 is 0. The SMILES string of the molecule is CN=C(CN)C(C)=N. The molecule has 0 fully saturated rings. The van der Waals surface area contributed by atoms with Crippen molar-refractivity contribution < 1.29 is 0 Å². The molecule has 0 unspecified atom stereocenters. The second kappa shape index (κ2) is 3.32. The van der Waals surface area contributed by atoms with Crippen molar-refractivity contribution in [1.29, 1.82) is 5.41 Å². The Morgan fingerprint density at radius 1 is 1.75 bits per heavy atom. The molecular weight excluding hydrogens is 102 g/mol. The van der Waals surface area contributed by atoms with Gasteiger partial charge in [0.05, 0.1) is 11.4 Å². The summed E-state index contributed by atoms with van der Waals surface area (Å²) in [6.45, 7) is 2.04. The lowest BCUT2D eigenvalue weighted by atomic mass is 10.2. The maximum atomic E-state index is 7.04. The molecule has 0 radical (unpaired) electrons. The van der Waals surface area contributed by atoms with E-state index in [-0.39, 0.29) is 0 Å². The molecule has 0 amide bonds. The lowest BCUT2D eigenvalue weighted by Crippen LogP contribution is -2.20. The average molecular weight is 113 g/mol. The van der Waals surface area contributed by atoms with Crippen molar-refractivity contribution in [3.63, 3.8) is 0 Å². The Morgan fingerprint density at radius 2 is 2.25 bits per heavy atom. The largest absolute Gasteiger partial charge is 0.325 e. The zero-order valence-electron chi connectivity index (χ0n) is 5.23. The Hall–Kier alpha value is -0.700. The van der Waals surface area contributed by atoms with E-state index in [1.165, 1.54) is 0 Å². The van der Waals surface area contributed by atoms with Crippen molar-refractivity contribution in [2.24, 2.45) is 10.7 Å². The Balaban J connectivity index is 3.92. The smallest absolute Gasteiger partial charge is 0.0685 e. The minimum atomic E-state index is 0.367. The second-order valence-electron chi connectivity index (χ2n) is 1.50. The first-order valence-corrected chi connectivity index (χ1v) is 2.43. The van der Waals surface area contributed by atoms with Crippen molar-refractivity contribution in [1.82, 2.24) is 0 Å². The van der Waals surface area contributed by atoms with E-state index in [0.717, 1.165) is 0 Å². The number of rotatable bonds is 2. The molecule has 0 bridgehead atoms. The summed E-state index contributed by atoms with van der Waals surface area (Å²) in [7, 11) is 1.64. The maximum absolute atomic E-state index is 7.04. The summed E-state index contributed by atoms with van der Waals surface area (Å²) in [6, 6.07) is 0. The van der Waals surface area contributed by atoms with Gasteiger partial charge in [-0.1, -0.05) is 0 Å². The van der Waals surface area contributed by atoms with Crippen molar-refractivity contribution in [3.8, 4) is 0 Å². The van der Waals surface area contributed by atoms with Crippen molar-refractivity contribution >= 4 is 11.4 Å². The molecule has 3 heteroatoms. The van der Waals surface area contributed by atoms with Crippen LogP contribution in [-0.4, -0.2) is 25.0 Å². The topological polar surface area (TPSA) is 62.2 Å². The summed E-state index contributed by atoms with van der Waals surface area (Å²) in [6.07, 6.45) is 0. The zero-order valence-corrected chi connectivity index (χ0v) is 5.23. The fourth-order valence-corrected chi connectivity index (χ4v) is 0.412. The Bertz CT molecular complexity index is 115. The number of aliphatic imine (C=N–C) groups is 1. The van der Waals surface area contributed by atoms with Crippen molar-refractivity contribution in [2.45, 2.75) is 6.92 Å². The van der Waals surface area contributed by atoms with Crippen LogP contribution in [0.15, 0.2) is 4.99 Å². The first-order valence-electron chi connectivity index (χ1n) is 2.43. The molecule has 0 aliphatic carbocycles. The summed E-state index contributed by atoms with van der Waals surface area (Å²) in [5, 5.41) is 7.04. The molecule has 46 valence electrons. The van der Waals surface area contributed by atoms with Gasteiger partial charge in [-0.2, -0.15) is 0 Å². The van der Waals surface area contributed by atoms with Gasteiger partial charge >= 0.3 is 0 Å². The van der Waals surface area contributed by atoms with Gasteiger partial charge in [0.25, 0.3) is 0 Å². The summed E-state index contributed by atoms with van der Waals surface area (Å²) in [5.41, 5.74) is 6.34. The van der Waals surface area contributed by atoms with Crippen LogP contribution in [0.2, 0.25) is 0 Å². The molecule has 3 N–H and O–H groups in total. The van der Waals surface area contributed by atoms with Crippen molar-refractivity contribution in [2.75, 3.05) is 13.6 Å². The molecule has 0 aromatic rings. The molecule has 0 aromatic heterocycles. The minimum absolute atomic E-state index is 0.367. The fraction of sp³-hybridized carbons (Fsp3) is 0.600. The molecule has 0 aliphatic rings.